The fourth-order valence-electron chi connectivity index (χ4n) is 1.08. The molecule has 1 saturated carbocycles. The second-order valence-corrected chi connectivity index (χ2v) is 6.34. The summed E-state index contributed by atoms with van der Waals surface area (Å²) in [6.07, 6.45) is 1.84. The standard InChI is InChI=1S/C6H10N4O2S2/c1-10(4-2-3-4)14(11,12)6-9-8-5(7)13-6/h4H,2-3H2,1H3,(H2,7,8). The van der Waals surface area contributed by atoms with Crippen LogP contribution in [0.2, 0.25) is 0 Å². The third-order valence-electron chi connectivity index (χ3n) is 2.08. The molecule has 0 bridgehead atoms. The normalized spacial score (nSPS) is 17.6. The molecule has 1 fully saturated rings. The molecule has 0 aliphatic heterocycles. The summed E-state index contributed by atoms with van der Waals surface area (Å²) in [4.78, 5) is 0. The number of aromatic nitrogens is 2. The fourth-order valence-corrected chi connectivity index (χ4v) is 3.45. The van der Waals surface area contributed by atoms with Crippen LogP contribution in [0.15, 0.2) is 4.34 Å². The van der Waals surface area contributed by atoms with Crippen molar-refractivity contribution in [3.05, 3.63) is 0 Å². The first-order chi connectivity index (χ1) is 6.51. The number of nitrogens with zero attached hydrogens (tertiary/aromatic N) is 3. The molecule has 1 aromatic rings. The lowest BCUT2D eigenvalue weighted by atomic mass is 10.7. The lowest BCUT2D eigenvalue weighted by molar-refractivity contribution is 0.463. The van der Waals surface area contributed by atoms with Crippen LogP contribution >= 0.6 is 11.3 Å². The van der Waals surface area contributed by atoms with E-state index in [1.54, 1.807) is 7.05 Å². The molecule has 0 saturated heterocycles. The molecule has 0 atom stereocenters. The Bertz CT molecular complexity index is 436. The predicted octanol–water partition coefficient (Wildman–Crippen LogP) is -0.0968. The zero-order valence-corrected chi connectivity index (χ0v) is 9.18. The van der Waals surface area contributed by atoms with Crippen LogP contribution in [0.1, 0.15) is 12.8 Å². The summed E-state index contributed by atoms with van der Waals surface area (Å²) in [6.45, 7) is 0. The molecule has 0 amide bonds. The van der Waals surface area contributed by atoms with Crippen LogP contribution in [0, 0.1) is 0 Å². The van der Waals surface area contributed by atoms with Crippen LogP contribution in [0.4, 0.5) is 5.13 Å². The highest BCUT2D eigenvalue weighted by Gasteiger charge is 2.36. The third kappa shape index (κ3) is 1.60. The molecule has 1 aliphatic rings. The first kappa shape index (κ1) is 9.81. The minimum atomic E-state index is -3.46. The van der Waals surface area contributed by atoms with Crippen molar-refractivity contribution in [3.8, 4) is 0 Å². The Morgan fingerprint density at radius 3 is 2.57 bits per heavy atom. The van der Waals surface area contributed by atoms with Gasteiger partial charge in [-0.1, -0.05) is 11.3 Å². The second-order valence-electron chi connectivity index (χ2n) is 3.16. The van der Waals surface area contributed by atoms with Crippen molar-refractivity contribution in [1.82, 2.24) is 14.5 Å². The van der Waals surface area contributed by atoms with Gasteiger partial charge in [0.2, 0.25) is 9.47 Å². The Morgan fingerprint density at radius 1 is 1.50 bits per heavy atom. The minimum absolute atomic E-state index is 0.0237. The topological polar surface area (TPSA) is 89.2 Å². The molecule has 0 radical (unpaired) electrons. The number of rotatable bonds is 3. The van der Waals surface area contributed by atoms with Gasteiger partial charge in [-0.2, -0.15) is 4.31 Å². The first-order valence-electron chi connectivity index (χ1n) is 4.09. The van der Waals surface area contributed by atoms with E-state index in [-0.39, 0.29) is 15.5 Å². The Kier molecular flexibility index (Phi) is 2.20. The van der Waals surface area contributed by atoms with E-state index < -0.39 is 10.0 Å². The molecular formula is C6H10N4O2S2. The van der Waals surface area contributed by atoms with Gasteiger partial charge in [-0.05, 0) is 12.8 Å². The van der Waals surface area contributed by atoms with E-state index in [4.69, 9.17) is 5.73 Å². The van der Waals surface area contributed by atoms with Gasteiger partial charge in [-0.3, -0.25) is 0 Å². The molecule has 1 aromatic heterocycles. The van der Waals surface area contributed by atoms with E-state index in [1.165, 1.54) is 4.31 Å². The Labute approximate surface area is 85.8 Å². The number of nitrogens with two attached hydrogens (primary N) is 1. The molecule has 0 spiro atoms. The number of nitrogen functional groups attached to an aromatic ring is 1. The largest absolute Gasteiger partial charge is 0.374 e. The zero-order valence-electron chi connectivity index (χ0n) is 7.54. The maximum atomic E-state index is 11.8. The Balaban J connectivity index is 2.31. The predicted molar refractivity (Wildman–Crippen MR) is 52.3 cm³/mol. The highest BCUT2D eigenvalue weighted by molar-refractivity contribution is 7.91. The SMILES string of the molecule is CN(C1CC1)S(=O)(=O)c1nnc(N)s1. The van der Waals surface area contributed by atoms with Gasteiger partial charge in [0.1, 0.15) is 0 Å². The molecule has 2 rings (SSSR count). The van der Waals surface area contributed by atoms with E-state index in [1.807, 2.05) is 0 Å². The molecule has 2 N–H and O–H groups in total. The van der Waals surface area contributed by atoms with Crippen molar-refractivity contribution in [2.45, 2.75) is 23.2 Å². The number of sulfonamides is 1. The number of hydrogen-bond donors (Lipinski definition) is 1. The van der Waals surface area contributed by atoms with E-state index in [0.717, 1.165) is 24.2 Å². The first-order valence-corrected chi connectivity index (χ1v) is 6.34. The molecule has 6 nitrogen and oxygen atoms in total. The van der Waals surface area contributed by atoms with Crippen LogP contribution in [0.3, 0.4) is 0 Å². The molecule has 78 valence electrons. The van der Waals surface area contributed by atoms with Crippen LogP contribution in [-0.2, 0) is 10.0 Å². The summed E-state index contributed by atoms with van der Waals surface area (Å²) < 4.78 is 24.9. The van der Waals surface area contributed by atoms with Gasteiger partial charge in [0.25, 0.3) is 10.0 Å². The highest BCUT2D eigenvalue weighted by atomic mass is 32.2. The summed E-state index contributed by atoms with van der Waals surface area (Å²) in [7, 11) is -1.90. The lowest BCUT2D eigenvalue weighted by Crippen LogP contribution is -2.28. The minimum Gasteiger partial charge on any atom is -0.374 e. The zero-order chi connectivity index (χ0) is 10.3. The second kappa shape index (κ2) is 3.14. The molecule has 8 heteroatoms. The molecule has 0 unspecified atom stereocenters. The van der Waals surface area contributed by atoms with Gasteiger partial charge in [0.05, 0.1) is 0 Å². The summed E-state index contributed by atoms with van der Waals surface area (Å²) >= 11 is 0.894. The summed E-state index contributed by atoms with van der Waals surface area (Å²) in [5, 5.41) is 7.19. The average Bonchev–Trinajstić information content (AvgIpc) is 2.87. The highest BCUT2D eigenvalue weighted by Crippen LogP contribution is 2.31. The maximum Gasteiger partial charge on any atom is 0.272 e. The van der Waals surface area contributed by atoms with Gasteiger partial charge < -0.3 is 5.73 Å². The molecular weight excluding hydrogens is 224 g/mol. The molecule has 1 heterocycles. The van der Waals surface area contributed by atoms with Crippen molar-refractivity contribution in [2.75, 3.05) is 12.8 Å². The third-order valence-corrected chi connectivity index (χ3v) is 5.09. The monoisotopic (exact) mass is 234 g/mol. The number of hydrogen-bond acceptors (Lipinski definition) is 6. The van der Waals surface area contributed by atoms with Gasteiger partial charge in [-0.15, -0.1) is 10.2 Å². The van der Waals surface area contributed by atoms with Crippen LogP contribution in [0.25, 0.3) is 0 Å². The summed E-state index contributed by atoms with van der Waals surface area (Å²) in [5.41, 5.74) is 5.33. The van der Waals surface area contributed by atoms with Crippen molar-refractivity contribution >= 4 is 26.5 Å². The van der Waals surface area contributed by atoms with Crippen molar-refractivity contribution in [1.29, 1.82) is 0 Å². The van der Waals surface area contributed by atoms with Crippen molar-refractivity contribution < 1.29 is 8.42 Å². The van der Waals surface area contributed by atoms with Gasteiger partial charge in [-0.25, -0.2) is 8.42 Å². The van der Waals surface area contributed by atoms with Gasteiger partial charge in [0.15, 0.2) is 0 Å². The lowest BCUT2D eigenvalue weighted by Gasteiger charge is -2.12. The molecule has 1 aliphatic carbocycles. The van der Waals surface area contributed by atoms with Crippen LogP contribution in [-0.4, -0.2) is 36.0 Å². The van der Waals surface area contributed by atoms with E-state index in [2.05, 4.69) is 10.2 Å². The van der Waals surface area contributed by atoms with E-state index >= 15 is 0 Å². The van der Waals surface area contributed by atoms with Crippen molar-refractivity contribution in [2.24, 2.45) is 0 Å². The fraction of sp³-hybridized carbons (Fsp3) is 0.667. The smallest absolute Gasteiger partial charge is 0.272 e. The molecule has 0 aromatic carbocycles. The summed E-state index contributed by atoms with van der Waals surface area (Å²) in [5.74, 6) is 0. The van der Waals surface area contributed by atoms with Crippen LogP contribution in [0.5, 0.6) is 0 Å². The Hall–Kier alpha value is -0.730. The van der Waals surface area contributed by atoms with Crippen molar-refractivity contribution in [3.63, 3.8) is 0 Å². The maximum absolute atomic E-state index is 11.8. The quantitative estimate of drug-likeness (QED) is 0.789. The Morgan fingerprint density at radius 2 is 2.14 bits per heavy atom. The summed E-state index contributed by atoms with van der Waals surface area (Å²) in [6, 6.07) is 0.130. The van der Waals surface area contributed by atoms with E-state index in [9.17, 15) is 8.42 Å². The van der Waals surface area contributed by atoms with Gasteiger partial charge in [0, 0.05) is 13.1 Å². The average molecular weight is 234 g/mol. The van der Waals surface area contributed by atoms with E-state index in [0.29, 0.717) is 0 Å². The van der Waals surface area contributed by atoms with Gasteiger partial charge >= 0.3 is 0 Å². The number of anilines is 1. The molecule has 14 heavy (non-hydrogen) atoms. The van der Waals surface area contributed by atoms with Crippen LogP contribution < -0.4 is 5.73 Å².